The maximum absolute atomic E-state index is 13.8. The number of phenols is 1. The molecule has 2 aromatic heterocycles. The molecule has 0 radical (unpaired) electrons. The Bertz CT molecular complexity index is 1300. The molecule has 2 heterocycles. The van der Waals surface area contributed by atoms with Crippen molar-refractivity contribution in [1.82, 2.24) is 9.55 Å². The van der Waals surface area contributed by atoms with E-state index in [0.29, 0.717) is 16.1 Å². The lowest BCUT2D eigenvalue weighted by molar-refractivity contribution is 0.0600. The van der Waals surface area contributed by atoms with Crippen LogP contribution in [0.5, 0.6) is 11.5 Å². The van der Waals surface area contributed by atoms with Crippen molar-refractivity contribution in [2.24, 2.45) is 0 Å². The second-order valence-electron chi connectivity index (χ2n) is 6.58. The van der Waals surface area contributed by atoms with Gasteiger partial charge in [-0.15, -0.1) is 11.3 Å². The van der Waals surface area contributed by atoms with Crippen LogP contribution < -0.4 is 4.74 Å². The number of nitrogens with zero attached hydrogens (tertiary/aromatic N) is 2. The van der Waals surface area contributed by atoms with E-state index in [0.717, 1.165) is 23.5 Å². The van der Waals surface area contributed by atoms with Crippen molar-refractivity contribution in [2.75, 3.05) is 7.11 Å². The van der Waals surface area contributed by atoms with Gasteiger partial charge in [0.15, 0.2) is 16.5 Å². The van der Waals surface area contributed by atoms with Gasteiger partial charge in [0, 0.05) is 23.8 Å². The normalized spacial score (nSPS) is 12.2. The molecular formula is C21H15ClF2N2O4S. The fourth-order valence-corrected chi connectivity index (χ4v) is 4.36. The van der Waals surface area contributed by atoms with Gasteiger partial charge in [0.2, 0.25) is 0 Å². The van der Waals surface area contributed by atoms with E-state index in [-0.39, 0.29) is 26.9 Å². The van der Waals surface area contributed by atoms with Crippen LogP contribution in [0.4, 0.5) is 8.78 Å². The van der Waals surface area contributed by atoms with Crippen molar-refractivity contribution < 1.29 is 28.2 Å². The van der Waals surface area contributed by atoms with Crippen LogP contribution in [0.25, 0.3) is 16.0 Å². The molecule has 0 aliphatic rings. The number of ether oxygens (including phenoxy) is 2. The predicted octanol–water partition coefficient (Wildman–Crippen LogP) is 5.65. The van der Waals surface area contributed by atoms with Gasteiger partial charge in [-0.3, -0.25) is 4.57 Å². The van der Waals surface area contributed by atoms with Crippen LogP contribution in [0, 0.1) is 11.6 Å². The molecule has 10 heteroatoms. The largest absolute Gasteiger partial charge is 0.506 e. The molecule has 0 spiro atoms. The quantitative estimate of drug-likeness (QED) is 0.386. The monoisotopic (exact) mass is 464 g/mol. The van der Waals surface area contributed by atoms with Gasteiger partial charge in [0.05, 0.1) is 23.2 Å². The highest BCUT2D eigenvalue weighted by molar-refractivity contribution is 7.16. The predicted molar refractivity (Wildman–Crippen MR) is 112 cm³/mol. The summed E-state index contributed by atoms with van der Waals surface area (Å²) >= 11 is 7.21. The zero-order chi connectivity index (χ0) is 22.3. The SMILES string of the molecule is COC(=O)c1sc(-n2cnc3cc(F)c(F)cc32)cc1O[C@H](C)c1cccc(O)c1Cl. The van der Waals surface area contributed by atoms with Crippen LogP contribution in [0.3, 0.4) is 0 Å². The van der Waals surface area contributed by atoms with Crippen molar-refractivity contribution in [3.8, 4) is 16.5 Å². The Morgan fingerprint density at radius 2 is 2.00 bits per heavy atom. The highest BCUT2D eigenvalue weighted by atomic mass is 35.5. The zero-order valence-electron chi connectivity index (χ0n) is 16.2. The average molecular weight is 465 g/mol. The number of fused-ring (bicyclic) bond motifs is 1. The Labute approximate surface area is 184 Å². The van der Waals surface area contributed by atoms with Crippen molar-refractivity contribution in [1.29, 1.82) is 0 Å². The minimum Gasteiger partial charge on any atom is -0.506 e. The van der Waals surface area contributed by atoms with E-state index in [9.17, 15) is 18.7 Å². The molecule has 4 rings (SSSR count). The van der Waals surface area contributed by atoms with Crippen LogP contribution in [0.15, 0.2) is 42.7 Å². The van der Waals surface area contributed by atoms with E-state index >= 15 is 0 Å². The molecule has 0 bridgehead atoms. The van der Waals surface area contributed by atoms with Crippen LogP contribution in [-0.2, 0) is 4.74 Å². The number of benzene rings is 2. The number of thiophene rings is 1. The van der Waals surface area contributed by atoms with E-state index in [2.05, 4.69) is 4.98 Å². The lowest BCUT2D eigenvalue weighted by Gasteiger charge is -2.16. The first-order valence-corrected chi connectivity index (χ1v) is 10.2. The van der Waals surface area contributed by atoms with Crippen LogP contribution in [0.1, 0.15) is 28.3 Å². The molecule has 0 fully saturated rings. The number of hydrogen-bond acceptors (Lipinski definition) is 6. The van der Waals surface area contributed by atoms with E-state index in [1.54, 1.807) is 25.1 Å². The number of aromatic hydroxyl groups is 1. The van der Waals surface area contributed by atoms with Gasteiger partial charge >= 0.3 is 5.97 Å². The molecule has 160 valence electrons. The summed E-state index contributed by atoms with van der Waals surface area (Å²) in [5.74, 6) is -2.51. The molecule has 1 atom stereocenters. The maximum atomic E-state index is 13.8. The summed E-state index contributed by atoms with van der Waals surface area (Å²) in [4.78, 5) is 16.6. The second kappa shape index (κ2) is 8.16. The van der Waals surface area contributed by atoms with Crippen molar-refractivity contribution in [3.05, 3.63) is 69.8 Å². The van der Waals surface area contributed by atoms with Crippen molar-refractivity contribution in [3.63, 3.8) is 0 Å². The van der Waals surface area contributed by atoms with Crippen LogP contribution in [0.2, 0.25) is 5.02 Å². The summed E-state index contributed by atoms with van der Waals surface area (Å²) < 4.78 is 39.6. The zero-order valence-corrected chi connectivity index (χ0v) is 17.8. The first-order valence-electron chi connectivity index (χ1n) is 8.98. The first-order chi connectivity index (χ1) is 14.8. The molecule has 0 saturated carbocycles. The van der Waals surface area contributed by atoms with E-state index in [1.807, 2.05) is 0 Å². The molecule has 2 aromatic carbocycles. The molecule has 31 heavy (non-hydrogen) atoms. The average Bonchev–Trinajstić information content (AvgIpc) is 3.33. The number of aromatic nitrogens is 2. The third kappa shape index (κ3) is 3.82. The summed E-state index contributed by atoms with van der Waals surface area (Å²) in [5, 5.41) is 10.5. The molecule has 6 nitrogen and oxygen atoms in total. The highest BCUT2D eigenvalue weighted by Gasteiger charge is 2.23. The smallest absolute Gasteiger partial charge is 0.351 e. The number of imidazole rings is 1. The number of esters is 1. The lowest BCUT2D eigenvalue weighted by atomic mass is 10.1. The Balaban J connectivity index is 1.77. The maximum Gasteiger partial charge on any atom is 0.351 e. The summed E-state index contributed by atoms with van der Waals surface area (Å²) in [7, 11) is 1.24. The van der Waals surface area contributed by atoms with Crippen molar-refractivity contribution >= 4 is 39.9 Å². The lowest BCUT2D eigenvalue weighted by Crippen LogP contribution is -2.07. The van der Waals surface area contributed by atoms with Gasteiger partial charge in [0.1, 0.15) is 28.9 Å². The molecule has 0 aliphatic heterocycles. The third-order valence-corrected chi connectivity index (χ3v) is 6.14. The van der Waals surface area contributed by atoms with E-state index in [4.69, 9.17) is 21.1 Å². The van der Waals surface area contributed by atoms with E-state index < -0.39 is 23.7 Å². The fraction of sp³-hybridized carbons (Fsp3) is 0.143. The number of halogens is 3. The molecule has 0 amide bonds. The molecular weight excluding hydrogens is 450 g/mol. The Morgan fingerprint density at radius 3 is 2.74 bits per heavy atom. The number of rotatable bonds is 5. The summed E-state index contributed by atoms with van der Waals surface area (Å²) in [5.41, 5.74) is 1.11. The van der Waals surface area contributed by atoms with Gasteiger partial charge in [-0.25, -0.2) is 18.6 Å². The minimum atomic E-state index is -1.01. The number of hydrogen-bond donors (Lipinski definition) is 1. The van der Waals surface area contributed by atoms with Gasteiger partial charge in [-0.2, -0.15) is 0 Å². The summed E-state index contributed by atoms with van der Waals surface area (Å²) in [6.07, 6.45) is 0.784. The van der Waals surface area contributed by atoms with Gasteiger partial charge in [0.25, 0.3) is 0 Å². The second-order valence-corrected chi connectivity index (χ2v) is 7.99. The van der Waals surface area contributed by atoms with Gasteiger partial charge < -0.3 is 14.6 Å². The molecule has 1 N–H and O–H groups in total. The number of phenolic OH excluding ortho intramolecular Hbond substituents is 1. The molecule has 0 saturated heterocycles. The highest BCUT2D eigenvalue weighted by Crippen LogP contribution is 2.39. The Morgan fingerprint density at radius 1 is 1.26 bits per heavy atom. The topological polar surface area (TPSA) is 73.6 Å². The first kappa shape index (κ1) is 21.1. The molecule has 0 unspecified atom stereocenters. The Kier molecular flexibility index (Phi) is 5.55. The van der Waals surface area contributed by atoms with Gasteiger partial charge in [-0.05, 0) is 13.0 Å². The Hall–Kier alpha value is -3.17. The molecule has 0 aliphatic carbocycles. The van der Waals surface area contributed by atoms with E-state index in [1.165, 1.54) is 24.1 Å². The number of carbonyl (C=O) groups excluding carboxylic acids is 1. The van der Waals surface area contributed by atoms with Crippen molar-refractivity contribution in [2.45, 2.75) is 13.0 Å². The van der Waals surface area contributed by atoms with Crippen LogP contribution in [-0.4, -0.2) is 27.7 Å². The van der Waals surface area contributed by atoms with Gasteiger partial charge in [-0.1, -0.05) is 23.7 Å². The standard InChI is InChI=1S/C21H15ClF2N2O4S/c1-10(11-4-3-5-16(27)19(11)22)30-17-8-18(31-20(17)21(28)29-2)26-9-25-14-6-12(23)13(24)7-15(14)26/h3-10,27H,1-2H3/t10-/m1/s1. The minimum absolute atomic E-state index is 0.0899. The third-order valence-electron chi connectivity index (χ3n) is 4.63. The van der Waals surface area contributed by atoms with Crippen LogP contribution >= 0.6 is 22.9 Å². The summed E-state index contributed by atoms with van der Waals surface area (Å²) in [6, 6.07) is 8.38. The summed E-state index contributed by atoms with van der Waals surface area (Å²) in [6.45, 7) is 1.71. The number of carbonyl (C=O) groups is 1. The molecule has 4 aromatic rings. The number of methoxy groups -OCH3 is 1. The fourth-order valence-electron chi connectivity index (χ4n) is 3.09.